The Kier molecular flexibility index (Phi) is 14.6. The number of rotatable bonds is 12. The molecule has 0 spiro atoms. The average molecular weight is 539 g/mol. The molecule has 4 N–H and O–H groups in total. The zero-order chi connectivity index (χ0) is 28.6. The lowest BCUT2D eigenvalue weighted by molar-refractivity contribution is -0.138. The van der Waals surface area contributed by atoms with Gasteiger partial charge in [-0.15, -0.1) is 0 Å². The fourth-order valence-electron chi connectivity index (χ4n) is 5.24. The average Bonchev–Trinajstić information content (AvgIpc) is 3.22. The number of amides is 3. The van der Waals surface area contributed by atoms with Crippen molar-refractivity contribution >= 4 is 17.7 Å². The van der Waals surface area contributed by atoms with Crippen LogP contribution in [0.4, 0.5) is 0 Å². The van der Waals surface area contributed by atoms with E-state index in [0.29, 0.717) is 25.7 Å². The van der Waals surface area contributed by atoms with E-state index in [4.69, 9.17) is 5.73 Å². The van der Waals surface area contributed by atoms with Crippen molar-refractivity contribution in [3.05, 3.63) is 60.3 Å². The maximum atomic E-state index is 13.2. The van der Waals surface area contributed by atoms with Crippen molar-refractivity contribution in [2.24, 2.45) is 11.7 Å². The molecule has 1 saturated heterocycles. The molecule has 1 aliphatic carbocycles. The first-order chi connectivity index (χ1) is 18.8. The number of carbonyl (C=O) groups is 3. The first kappa shape index (κ1) is 32.3. The van der Waals surface area contributed by atoms with Gasteiger partial charge in [0.05, 0.1) is 12.1 Å². The SMILES string of the molecule is C\C=C/C=C\C=C(/C)C(NC(=O)CCCC1CCCCC(NC(=O)C(N)CC)C(=O)N1C)C1C=CC=CCC1. The number of likely N-dealkylation sites (N-methyl/N-ethyl adjacent to an activating group) is 1. The molecule has 0 aromatic carbocycles. The molecule has 5 atom stereocenters. The highest BCUT2D eigenvalue weighted by atomic mass is 16.2. The number of nitrogens with two attached hydrogens (primary N) is 1. The fraction of sp³-hybridized carbons (Fsp3) is 0.594. The summed E-state index contributed by atoms with van der Waals surface area (Å²) in [6.07, 6.45) is 26.3. The van der Waals surface area contributed by atoms with Crippen LogP contribution in [0.25, 0.3) is 0 Å². The zero-order valence-corrected chi connectivity index (χ0v) is 24.4. The molecule has 1 fully saturated rings. The number of nitrogens with one attached hydrogen (secondary N) is 2. The Morgan fingerprint density at radius 3 is 2.67 bits per heavy atom. The molecule has 1 aliphatic heterocycles. The van der Waals surface area contributed by atoms with Crippen molar-refractivity contribution in [2.75, 3.05) is 7.05 Å². The smallest absolute Gasteiger partial charge is 0.245 e. The largest absolute Gasteiger partial charge is 0.349 e. The number of hydrogen-bond acceptors (Lipinski definition) is 4. The molecule has 3 amide bonds. The number of carbonyl (C=O) groups excluding carboxylic acids is 3. The third-order valence-corrected chi connectivity index (χ3v) is 7.79. The van der Waals surface area contributed by atoms with Crippen molar-refractivity contribution in [3.63, 3.8) is 0 Å². The minimum atomic E-state index is -0.598. The van der Waals surface area contributed by atoms with Crippen LogP contribution < -0.4 is 16.4 Å². The van der Waals surface area contributed by atoms with Gasteiger partial charge in [-0.1, -0.05) is 80.0 Å². The van der Waals surface area contributed by atoms with Crippen molar-refractivity contribution in [2.45, 2.75) is 109 Å². The predicted molar refractivity (Wildman–Crippen MR) is 160 cm³/mol. The molecule has 0 aromatic heterocycles. The van der Waals surface area contributed by atoms with Crippen LogP contribution in [0.15, 0.2) is 60.3 Å². The normalized spacial score (nSPS) is 24.3. The Hall–Kier alpha value is -2.93. The second-order valence-electron chi connectivity index (χ2n) is 10.8. The van der Waals surface area contributed by atoms with Gasteiger partial charge < -0.3 is 21.3 Å². The van der Waals surface area contributed by atoms with Crippen LogP contribution in [-0.4, -0.2) is 53.8 Å². The standard InChI is InChI=1S/C32H50N4O3/c1-5-7-8-11-17-24(3)30(25-18-12-9-10-13-19-25)35-29(37)23-16-21-26-20-14-15-22-28(32(39)36(26)4)34-31(38)27(33)6-2/h5,7-12,17-18,25-28,30H,6,13-16,19-23,33H2,1-4H3,(H,34,38)(H,35,37)/b7-5-,11-8-,24-17+. The summed E-state index contributed by atoms with van der Waals surface area (Å²) >= 11 is 0. The van der Waals surface area contributed by atoms with Crippen LogP contribution in [0.3, 0.4) is 0 Å². The van der Waals surface area contributed by atoms with Gasteiger partial charge in [-0.2, -0.15) is 0 Å². The van der Waals surface area contributed by atoms with Crippen LogP contribution in [-0.2, 0) is 14.4 Å². The van der Waals surface area contributed by atoms with Gasteiger partial charge in [0.15, 0.2) is 0 Å². The number of hydrogen-bond donors (Lipinski definition) is 3. The molecule has 0 radical (unpaired) electrons. The molecular formula is C32H50N4O3. The maximum Gasteiger partial charge on any atom is 0.245 e. The highest BCUT2D eigenvalue weighted by Gasteiger charge is 2.31. The molecule has 216 valence electrons. The minimum absolute atomic E-state index is 0.0364. The number of allylic oxidation sites excluding steroid dienone is 8. The second-order valence-corrected chi connectivity index (χ2v) is 10.8. The van der Waals surface area contributed by atoms with Gasteiger partial charge >= 0.3 is 0 Å². The van der Waals surface area contributed by atoms with Crippen LogP contribution in [0.1, 0.15) is 85.0 Å². The lowest BCUT2D eigenvalue weighted by Gasteiger charge is -2.34. The van der Waals surface area contributed by atoms with Crippen LogP contribution >= 0.6 is 0 Å². The summed E-state index contributed by atoms with van der Waals surface area (Å²) in [5.41, 5.74) is 6.99. The van der Waals surface area contributed by atoms with Gasteiger partial charge in [0.25, 0.3) is 0 Å². The van der Waals surface area contributed by atoms with Gasteiger partial charge in [-0.05, 0) is 58.8 Å². The summed E-state index contributed by atoms with van der Waals surface area (Å²) in [4.78, 5) is 40.3. The molecule has 0 saturated carbocycles. The van der Waals surface area contributed by atoms with Gasteiger partial charge in [-0.3, -0.25) is 14.4 Å². The summed E-state index contributed by atoms with van der Waals surface area (Å²) < 4.78 is 0. The van der Waals surface area contributed by atoms with Crippen LogP contribution in [0.2, 0.25) is 0 Å². The number of nitrogens with zero attached hydrogens (tertiary/aromatic N) is 1. The van der Waals surface area contributed by atoms with Crippen molar-refractivity contribution in [1.29, 1.82) is 0 Å². The van der Waals surface area contributed by atoms with Gasteiger partial charge in [0.1, 0.15) is 6.04 Å². The summed E-state index contributed by atoms with van der Waals surface area (Å²) in [6, 6.07) is -1.15. The third-order valence-electron chi connectivity index (χ3n) is 7.79. The molecule has 7 heteroatoms. The topological polar surface area (TPSA) is 105 Å². The number of likely N-dealkylation sites (tertiary alicyclic amines) is 1. The Labute approximate surface area is 235 Å². The predicted octanol–water partition coefficient (Wildman–Crippen LogP) is 4.87. The minimum Gasteiger partial charge on any atom is -0.349 e. The third kappa shape index (κ3) is 11.0. The lowest BCUT2D eigenvalue weighted by atomic mass is 9.89. The van der Waals surface area contributed by atoms with Crippen molar-refractivity contribution in [3.8, 4) is 0 Å². The van der Waals surface area contributed by atoms with E-state index in [1.165, 1.54) is 0 Å². The Morgan fingerprint density at radius 1 is 1.15 bits per heavy atom. The zero-order valence-electron chi connectivity index (χ0n) is 24.4. The van der Waals surface area contributed by atoms with Crippen molar-refractivity contribution < 1.29 is 14.4 Å². The van der Waals surface area contributed by atoms with Gasteiger partial charge in [-0.25, -0.2) is 0 Å². The Bertz CT molecular complexity index is 949. The molecule has 0 bridgehead atoms. The molecule has 5 unspecified atom stereocenters. The first-order valence-electron chi connectivity index (χ1n) is 14.7. The molecule has 0 aromatic rings. The highest BCUT2D eigenvalue weighted by molar-refractivity contribution is 5.89. The molecular weight excluding hydrogens is 488 g/mol. The van der Waals surface area contributed by atoms with Crippen molar-refractivity contribution in [1.82, 2.24) is 15.5 Å². The van der Waals surface area contributed by atoms with E-state index in [-0.39, 0.29) is 35.7 Å². The summed E-state index contributed by atoms with van der Waals surface area (Å²) in [5, 5.41) is 6.16. The van der Waals surface area contributed by atoms with E-state index in [1.807, 2.05) is 45.2 Å². The van der Waals surface area contributed by atoms with E-state index >= 15 is 0 Å². The monoisotopic (exact) mass is 538 g/mol. The summed E-state index contributed by atoms with van der Waals surface area (Å²) in [5.74, 6) is -0.0677. The molecule has 7 nitrogen and oxygen atoms in total. The Morgan fingerprint density at radius 2 is 1.92 bits per heavy atom. The second kappa shape index (κ2) is 17.6. The van der Waals surface area contributed by atoms with E-state index in [9.17, 15) is 14.4 Å². The highest BCUT2D eigenvalue weighted by Crippen LogP contribution is 2.24. The van der Waals surface area contributed by atoms with E-state index < -0.39 is 12.1 Å². The van der Waals surface area contributed by atoms with E-state index in [1.54, 1.807) is 4.90 Å². The fourth-order valence-corrected chi connectivity index (χ4v) is 5.24. The van der Waals surface area contributed by atoms with E-state index in [0.717, 1.165) is 44.1 Å². The van der Waals surface area contributed by atoms with Gasteiger partial charge in [0, 0.05) is 25.4 Å². The Balaban J connectivity index is 1.97. The van der Waals surface area contributed by atoms with Crippen LogP contribution in [0, 0.1) is 5.92 Å². The molecule has 2 aliphatic rings. The quantitative estimate of drug-likeness (QED) is 0.309. The van der Waals surface area contributed by atoms with Crippen LogP contribution in [0.5, 0.6) is 0 Å². The summed E-state index contributed by atoms with van der Waals surface area (Å²) in [7, 11) is 1.81. The van der Waals surface area contributed by atoms with E-state index in [2.05, 4.69) is 47.9 Å². The summed E-state index contributed by atoms with van der Waals surface area (Å²) in [6.45, 7) is 5.92. The molecule has 39 heavy (non-hydrogen) atoms. The lowest BCUT2D eigenvalue weighted by Crippen LogP contribution is -2.54. The molecule has 1 heterocycles. The van der Waals surface area contributed by atoms with Gasteiger partial charge in [0.2, 0.25) is 17.7 Å². The molecule has 2 rings (SSSR count). The maximum absolute atomic E-state index is 13.2. The first-order valence-corrected chi connectivity index (χ1v) is 14.7.